The van der Waals surface area contributed by atoms with Crippen LogP contribution in [0.15, 0.2) is 4.90 Å². The van der Waals surface area contributed by atoms with Crippen LogP contribution in [0.2, 0.25) is 0 Å². The zero-order valence-corrected chi connectivity index (χ0v) is 13.1. The highest BCUT2D eigenvalue weighted by atomic mass is 32.2. The smallest absolute Gasteiger partial charge is 0.244 e. The topological polar surface area (TPSA) is 90.0 Å². The number of nitrogens with one attached hydrogen (secondary N) is 1. The Hall–Kier alpha value is -0.920. The summed E-state index contributed by atoms with van der Waals surface area (Å²) >= 11 is 0. The Kier molecular flexibility index (Phi) is 4.76. The van der Waals surface area contributed by atoms with Crippen LogP contribution in [-0.4, -0.2) is 30.3 Å². The van der Waals surface area contributed by atoms with Gasteiger partial charge in [-0.1, -0.05) is 13.8 Å². The third kappa shape index (κ3) is 2.98. The Labute approximate surface area is 115 Å². The van der Waals surface area contributed by atoms with Crippen LogP contribution in [0, 0.1) is 13.8 Å². The minimum absolute atomic E-state index is 0.259. The Morgan fingerprint density at radius 2 is 1.84 bits per heavy atom. The quantitative estimate of drug-likeness (QED) is 0.811. The van der Waals surface area contributed by atoms with Gasteiger partial charge in [0.15, 0.2) is 0 Å². The van der Waals surface area contributed by atoms with E-state index in [0.717, 1.165) is 0 Å². The van der Waals surface area contributed by atoms with Gasteiger partial charge in [0, 0.05) is 19.1 Å². The highest BCUT2D eigenvalue weighted by molar-refractivity contribution is 7.89. The van der Waals surface area contributed by atoms with Crippen LogP contribution in [-0.2, 0) is 17.1 Å². The Morgan fingerprint density at radius 3 is 2.16 bits per heavy atom. The van der Waals surface area contributed by atoms with Crippen LogP contribution in [0.25, 0.3) is 0 Å². The van der Waals surface area contributed by atoms with Crippen LogP contribution in [0.3, 0.4) is 0 Å². The van der Waals surface area contributed by atoms with Gasteiger partial charge >= 0.3 is 0 Å². The summed E-state index contributed by atoms with van der Waals surface area (Å²) in [7, 11) is -1.87. The van der Waals surface area contributed by atoms with Crippen LogP contribution in [0.4, 0.5) is 0 Å². The van der Waals surface area contributed by atoms with E-state index < -0.39 is 15.6 Å². The summed E-state index contributed by atoms with van der Waals surface area (Å²) in [6.07, 6.45) is 1.30. The standard InChI is InChI=1S/C12H24N4O2S/c1-6-12(7-2,8-13)15-19(17,18)11-9(3)14-16(5)10(11)4/h15H,6-8,13H2,1-5H3. The molecule has 1 rings (SSSR count). The number of nitrogens with two attached hydrogens (primary N) is 1. The number of aryl methyl sites for hydroxylation is 2. The second-order valence-electron chi connectivity index (χ2n) is 4.92. The van der Waals surface area contributed by atoms with Gasteiger partial charge < -0.3 is 5.73 Å². The zero-order chi connectivity index (χ0) is 14.8. The second kappa shape index (κ2) is 5.60. The highest BCUT2D eigenvalue weighted by Crippen LogP contribution is 2.23. The van der Waals surface area contributed by atoms with Crippen LogP contribution in [0.1, 0.15) is 38.1 Å². The van der Waals surface area contributed by atoms with E-state index in [1.807, 2.05) is 13.8 Å². The maximum absolute atomic E-state index is 12.6. The minimum Gasteiger partial charge on any atom is -0.329 e. The molecule has 0 aliphatic carbocycles. The lowest BCUT2D eigenvalue weighted by Crippen LogP contribution is -2.52. The maximum Gasteiger partial charge on any atom is 0.244 e. The van der Waals surface area contributed by atoms with E-state index in [9.17, 15) is 8.42 Å². The number of aromatic nitrogens is 2. The molecule has 3 N–H and O–H groups in total. The number of hydrogen-bond acceptors (Lipinski definition) is 4. The van der Waals surface area contributed by atoms with E-state index in [-0.39, 0.29) is 11.4 Å². The first-order valence-corrected chi connectivity index (χ1v) is 7.95. The van der Waals surface area contributed by atoms with Gasteiger partial charge in [-0.25, -0.2) is 13.1 Å². The first kappa shape index (κ1) is 16.1. The largest absolute Gasteiger partial charge is 0.329 e. The first-order chi connectivity index (χ1) is 8.73. The first-order valence-electron chi connectivity index (χ1n) is 6.47. The van der Waals surface area contributed by atoms with Crippen molar-refractivity contribution in [2.24, 2.45) is 12.8 Å². The monoisotopic (exact) mass is 288 g/mol. The molecule has 7 heteroatoms. The van der Waals surface area contributed by atoms with Crippen molar-refractivity contribution >= 4 is 10.0 Å². The fourth-order valence-electron chi connectivity index (χ4n) is 2.20. The molecule has 0 saturated heterocycles. The minimum atomic E-state index is -3.61. The van der Waals surface area contributed by atoms with Crippen molar-refractivity contribution in [2.45, 2.75) is 51.0 Å². The number of hydrogen-bond donors (Lipinski definition) is 2. The molecule has 0 spiro atoms. The lowest BCUT2D eigenvalue weighted by atomic mass is 9.95. The Morgan fingerprint density at radius 1 is 1.32 bits per heavy atom. The SMILES string of the molecule is CCC(CC)(CN)NS(=O)(=O)c1c(C)nn(C)c1C. The third-order valence-electron chi connectivity index (χ3n) is 3.81. The van der Waals surface area contributed by atoms with Crippen LogP contribution >= 0.6 is 0 Å². The molecular weight excluding hydrogens is 264 g/mol. The molecule has 0 aliphatic rings. The normalized spacial score (nSPS) is 12.9. The molecule has 0 aromatic carbocycles. The van der Waals surface area contributed by atoms with Crippen molar-refractivity contribution in [3.8, 4) is 0 Å². The van der Waals surface area contributed by atoms with E-state index in [4.69, 9.17) is 5.73 Å². The molecule has 0 radical (unpaired) electrons. The van der Waals surface area contributed by atoms with E-state index >= 15 is 0 Å². The molecular formula is C12H24N4O2S. The predicted octanol–water partition coefficient (Wildman–Crippen LogP) is 0.833. The lowest BCUT2D eigenvalue weighted by Gasteiger charge is -2.31. The van der Waals surface area contributed by atoms with Gasteiger partial charge in [-0.2, -0.15) is 5.10 Å². The van der Waals surface area contributed by atoms with Crippen molar-refractivity contribution in [3.63, 3.8) is 0 Å². The van der Waals surface area contributed by atoms with Crippen molar-refractivity contribution in [1.29, 1.82) is 0 Å². The van der Waals surface area contributed by atoms with Gasteiger partial charge in [0.2, 0.25) is 10.0 Å². The molecule has 1 aromatic rings. The Bertz CT molecular complexity index is 536. The summed E-state index contributed by atoms with van der Waals surface area (Å²) in [5.74, 6) is 0. The molecule has 0 aliphatic heterocycles. The zero-order valence-electron chi connectivity index (χ0n) is 12.3. The summed E-state index contributed by atoms with van der Waals surface area (Å²) in [5, 5.41) is 4.15. The summed E-state index contributed by atoms with van der Waals surface area (Å²) in [5.41, 5.74) is 6.29. The van der Waals surface area contributed by atoms with Crippen LogP contribution in [0.5, 0.6) is 0 Å². The van der Waals surface area contributed by atoms with E-state index in [1.165, 1.54) is 0 Å². The summed E-state index contributed by atoms with van der Waals surface area (Å²) in [6, 6.07) is 0. The molecule has 6 nitrogen and oxygen atoms in total. The predicted molar refractivity (Wildman–Crippen MR) is 75.4 cm³/mol. The van der Waals surface area contributed by atoms with Gasteiger partial charge in [0.25, 0.3) is 0 Å². The van der Waals surface area contributed by atoms with Crippen molar-refractivity contribution in [1.82, 2.24) is 14.5 Å². The maximum atomic E-state index is 12.6. The van der Waals surface area contributed by atoms with Crippen molar-refractivity contribution in [3.05, 3.63) is 11.4 Å². The number of nitrogens with zero attached hydrogens (tertiary/aromatic N) is 2. The average molecular weight is 288 g/mol. The van der Waals surface area contributed by atoms with Gasteiger partial charge in [-0.15, -0.1) is 0 Å². The van der Waals surface area contributed by atoms with Gasteiger partial charge in [0.05, 0.1) is 11.4 Å². The Balaban J connectivity index is 3.25. The molecule has 1 heterocycles. The van der Waals surface area contributed by atoms with Crippen molar-refractivity contribution in [2.75, 3.05) is 6.54 Å². The molecule has 0 fully saturated rings. The van der Waals surface area contributed by atoms with Crippen LogP contribution < -0.4 is 10.5 Å². The van der Waals surface area contributed by atoms with E-state index in [1.54, 1.807) is 25.6 Å². The molecule has 0 bridgehead atoms. The summed E-state index contributed by atoms with van der Waals surface area (Å²) in [4.78, 5) is 0.259. The fourth-order valence-corrected chi connectivity index (χ4v) is 4.20. The van der Waals surface area contributed by atoms with E-state index in [0.29, 0.717) is 24.2 Å². The lowest BCUT2D eigenvalue weighted by molar-refractivity contribution is 0.363. The third-order valence-corrected chi connectivity index (χ3v) is 5.64. The number of rotatable bonds is 6. The van der Waals surface area contributed by atoms with Gasteiger partial charge in [-0.3, -0.25) is 4.68 Å². The summed E-state index contributed by atoms with van der Waals surface area (Å²) < 4.78 is 29.5. The second-order valence-corrected chi connectivity index (χ2v) is 6.54. The highest BCUT2D eigenvalue weighted by Gasteiger charge is 2.33. The van der Waals surface area contributed by atoms with Crippen molar-refractivity contribution < 1.29 is 8.42 Å². The molecule has 1 aromatic heterocycles. The van der Waals surface area contributed by atoms with Gasteiger partial charge in [0.1, 0.15) is 4.90 Å². The average Bonchev–Trinajstić information content (AvgIpc) is 2.61. The molecule has 110 valence electrons. The summed E-state index contributed by atoms with van der Waals surface area (Å²) in [6.45, 7) is 7.58. The molecule has 0 unspecified atom stereocenters. The molecule has 19 heavy (non-hydrogen) atoms. The number of sulfonamides is 1. The molecule has 0 saturated carbocycles. The fraction of sp³-hybridized carbons (Fsp3) is 0.750. The van der Waals surface area contributed by atoms with E-state index in [2.05, 4.69) is 9.82 Å². The van der Waals surface area contributed by atoms with Gasteiger partial charge in [-0.05, 0) is 26.7 Å². The molecule has 0 atom stereocenters. The molecule has 0 amide bonds.